The lowest BCUT2D eigenvalue weighted by Crippen LogP contribution is -2.09. The minimum Gasteiger partial charge on any atom is -0.311 e. The molecule has 0 fully saturated rings. The van der Waals surface area contributed by atoms with E-state index in [1.54, 1.807) is 0 Å². The molecular formula is C64H43N. The van der Waals surface area contributed by atoms with Gasteiger partial charge in [-0.1, -0.05) is 194 Å². The highest BCUT2D eigenvalue weighted by atomic mass is 15.1. The summed E-state index contributed by atoms with van der Waals surface area (Å²) >= 11 is 0. The van der Waals surface area contributed by atoms with Crippen molar-refractivity contribution in [1.82, 2.24) is 0 Å². The van der Waals surface area contributed by atoms with E-state index < -0.39 is 0 Å². The van der Waals surface area contributed by atoms with Crippen molar-refractivity contribution in [3.05, 3.63) is 261 Å². The molecular weight excluding hydrogens is 783 g/mol. The van der Waals surface area contributed by atoms with Crippen LogP contribution in [-0.2, 0) is 0 Å². The van der Waals surface area contributed by atoms with E-state index >= 15 is 0 Å². The van der Waals surface area contributed by atoms with Gasteiger partial charge in [-0.2, -0.15) is 0 Å². The number of benzene rings is 12. The van der Waals surface area contributed by atoms with Gasteiger partial charge in [-0.15, -0.1) is 0 Å². The first-order valence-electron chi connectivity index (χ1n) is 22.4. The first kappa shape index (κ1) is 38.2. The van der Waals surface area contributed by atoms with E-state index in [-0.39, 0.29) is 0 Å². The van der Waals surface area contributed by atoms with Gasteiger partial charge in [0.25, 0.3) is 0 Å². The molecule has 0 N–H and O–H groups in total. The standard InChI is InChI=1S/C64H43N/c1-3-11-44(12-4-1)55-41-56(45-13-5-2-6-14-45)43-57(42-55)48-27-35-60(36-28-48)65(58-31-23-46(24-32-58)51-29-37-63-53(39-51)21-19-49-15-7-9-17-61(49)63)59-33-25-47(26-34-59)52-30-38-64-54(40-52)22-20-50-16-8-10-18-62(50)64/h1-43H. The van der Waals surface area contributed by atoms with E-state index in [9.17, 15) is 0 Å². The van der Waals surface area contributed by atoms with Crippen LogP contribution in [0.25, 0.3) is 98.7 Å². The summed E-state index contributed by atoms with van der Waals surface area (Å²) in [5, 5.41) is 10.2. The fourth-order valence-electron chi connectivity index (χ4n) is 9.63. The Kier molecular flexibility index (Phi) is 9.58. The monoisotopic (exact) mass is 825 g/mol. The fourth-order valence-corrected chi connectivity index (χ4v) is 9.63. The van der Waals surface area contributed by atoms with Crippen LogP contribution in [0.2, 0.25) is 0 Å². The average molecular weight is 826 g/mol. The van der Waals surface area contributed by atoms with E-state index in [0.717, 1.165) is 17.1 Å². The third-order valence-electron chi connectivity index (χ3n) is 13.0. The summed E-state index contributed by atoms with van der Waals surface area (Å²) in [7, 11) is 0. The van der Waals surface area contributed by atoms with Gasteiger partial charge in [0.15, 0.2) is 0 Å². The highest BCUT2D eigenvalue weighted by Crippen LogP contribution is 2.40. The number of hydrogen-bond donors (Lipinski definition) is 0. The first-order valence-corrected chi connectivity index (χ1v) is 22.4. The third-order valence-corrected chi connectivity index (χ3v) is 13.0. The van der Waals surface area contributed by atoms with Crippen LogP contribution in [0.1, 0.15) is 0 Å². The molecule has 0 unspecified atom stereocenters. The molecule has 0 aliphatic rings. The summed E-state index contributed by atoms with van der Waals surface area (Å²) in [4.78, 5) is 2.37. The van der Waals surface area contributed by atoms with Crippen molar-refractivity contribution < 1.29 is 0 Å². The molecule has 1 heteroatoms. The van der Waals surface area contributed by atoms with E-state index in [4.69, 9.17) is 0 Å². The van der Waals surface area contributed by atoms with Gasteiger partial charge >= 0.3 is 0 Å². The Morgan fingerprint density at radius 2 is 0.462 bits per heavy atom. The first-order chi connectivity index (χ1) is 32.2. The summed E-state index contributed by atoms with van der Waals surface area (Å²) in [6.07, 6.45) is 0. The Bertz CT molecular complexity index is 3450. The zero-order valence-electron chi connectivity index (χ0n) is 35.8. The van der Waals surface area contributed by atoms with Crippen LogP contribution >= 0.6 is 0 Å². The largest absolute Gasteiger partial charge is 0.311 e. The molecule has 0 spiro atoms. The highest BCUT2D eigenvalue weighted by molar-refractivity contribution is 6.09. The molecule has 0 radical (unpaired) electrons. The van der Waals surface area contributed by atoms with Crippen LogP contribution in [0.4, 0.5) is 17.1 Å². The number of nitrogens with zero attached hydrogens (tertiary/aromatic N) is 1. The molecule has 12 aromatic carbocycles. The molecule has 0 saturated carbocycles. The van der Waals surface area contributed by atoms with Crippen molar-refractivity contribution in [3.63, 3.8) is 0 Å². The minimum absolute atomic E-state index is 1.09. The van der Waals surface area contributed by atoms with E-state index in [2.05, 4.69) is 266 Å². The van der Waals surface area contributed by atoms with Gasteiger partial charge in [0, 0.05) is 17.1 Å². The van der Waals surface area contributed by atoms with E-state index in [0.29, 0.717) is 0 Å². The molecule has 0 bridgehead atoms. The highest BCUT2D eigenvalue weighted by Gasteiger charge is 2.16. The number of fused-ring (bicyclic) bond motifs is 6. The van der Waals surface area contributed by atoms with Crippen LogP contribution in [0.5, 0.6) is 0 Å². The Morgan fingerprint density at radius 1 is 0.169 bits per heavy atom. The lowest BCUT2D eigenvalue weighted by molar-refractivity contribution is 1.28. The Hall–Kier alpha value is -8.52. The molecule has 12 rings (SSSR count). The summed E-state index contributed by atoms with van der Waals surface area (Å²) in [5.41, 5.74) is 15.2. The molecule has 1 nitrogen and oxygen atoms in total. The van der Waals surface area contributed by atoms with Gasteiger partial charge in [0.2, 0.25) is 0 Å². The third kappa shape index (κ3) is 7.30. The molecule has 0 saturated heterocycles. The Morgan fingerprint density at radius 3 is 0.862 bits per heavy atom. The molecule has 0 heterocycles. The minimum atomic E-state index is 1.09. The van der Waals surface area contributed by atoms with Crippen LogP contribution in [0.15, 0.2) is 261 Å². The molecule has 65 heavy (non-hydrogen) atoms. The Labute approximate surface area is 379 Å². The second-order valence-corrected chi connectivity index (χ2v) is 17.0. The topological polar surface area (TPSA) is 3.24 Å². The van der Waals surface area contributed by atoms with Crippen molar-refractivity contribution in [3.8, 4) is 55.6 Å². The summed E-state index contributed by atoms with van der Waals surface area (Å²) in [5.74, 6) is 0. The second-order valence-electron chi connectivity index (χ2n) is 17.0. The van der Waals surface area contributed by atoms with Gasteiger partial charge in [0.1, 0.15) is 0 Å². The van der Waals surface area contributed by atoms with E-state index in [1.165, 1.54) is 98.7 Å². The van der Waals surface area contributed by atoms with Crippen molar-refractivity contribution >= 4 is 60.2 Å². The van der Waals surface area contributed by atoms with Gasteiger partial charge < -0.3 is 4.90 Å². The smallest absolute Gasteiger partial charge is 0.0462 e. The molecule has 0 aromatic heterocycles. The van der Waals surface area contributed by atoms with E-state index in [1.807, 2.05) is 0 Å². The summed E-state index contributed by atoms with van der Waals surface area (Å²) in [6.45, 7) is 0. The number of anilines is 3. The van der Waals surface area contributed by atoms with Gasteiger partial charge in [-0.3, -0.25) is 0 Å². The average Bonchev–Trinajstić information content (AvgIpc) is 3.39. The molecule has 0 atom stereocenters. The van der Waals surface area contributed by atoms with Crippen molar-refractivity contribution in [2.45, 2.75) is 0 Å². The van der Waals surface area contributed by atoms with Crippen molar-refractivity contribution in [2.24, 2.45) is 0 Å². The lowest BCUT2D eigenvalue weighted by atomic mass is 9.93. The molecule has 0 amide bonds. The van der Waals surface area contributed by atoms with Crippen LogP contribution in [0.3, 0.4) is 0 Å². The SMILES string of the molecule is c1ccc(-c2cc(-c3ccccc3)cc(-c3ccc(N(c4ccc(-c5ccc6c(ccc7ccccc76)c5)cc4)c4ccc(-c5ccc6c(ccc7ccccc76)c5)cc4)cc3)c2)cc1. The predicted octanol–water partition coefficient (Wildman–Crippen LogP) is 18.1. The van der Waals surface area contributed by atoms with Gasteiger partial charge in [0.05, 0.1) is 0 Å². The summed E-state index contributed by atoms with van der Waals surface area (Å²) in [6, 6.07) is 95.3. The maximum atomic E-state index is 2.37. The summed E-state index contributed by atoms with van der Waals surface area (Å²) < 4.78 is 0. The molecule has 0 aliphatic heterocycles. The zero-order valence-corrected chi connectivity index (χ0v) is 35.8. The zero-order chi connectivity index (χ0) is 43.1. The Balaban J connectivity index is 0.921. The van der Waals surface area contributed by atoms with Crippen LogP contribution in [-0.4, -0.2) is 0 Å². The molecule has 12 aromatic rings. The van der Waals surface area contributed by atoms with Gasteiger partial charge in [-0.25, -0.2) is 0 Å². The fraction of sp³-hybridized carbons (Fsp3) is 0. The maximum Gasteiger partial charge on any atom is 0.0462 e. The van der Waals surface area contributed by atoms with Crippen LogP contribution in [0, 0.1) is 0 Å². The quantitative estimate of drug-likeness (QED) is 0.138. The normalized spacial score (nSPS) is 11.4. The second kappa shape index (κ2) is 16.3. The van der Waals surface area contributed by atoms with Crippen molar-refractivity contribution in [1.29, 1.82) is 0 Å². The predicted molar refractivity (Wildman–Crippen MR) is 278 cm³/mol. The van der Waals surface area contributed by atoms with Gasteiger partial charge in [-0.05, 0) is 165 Å². The van der Waals surface area contributed by atoms with Crippen LogP contribution < -0.4 is 4.90 Å². The number of hydrogen-bond acceptors (Lipinski definition) is 1. The maximum absolute atomic E-state index is 2.37. The molecule has 0 aliphatic carbocycles. The number of rotatable bonds is 8. The molecule has 304 valence electrons. The van der Waals surface area contributed by atoms with Crippen molar-refractivity contribution in [2.75, 3.05) is 4.90 Å². The lowest BCUT2D eigenvalue weighted by Gasteiger charge is -2.26.